The van der Waals surface area contributed by atoms with Crippen LogP contribution in [0.25, 0.3) is 0 Å². The summed E-state index contributed by atoms with van der Waals surface area (Å²) in [5.41, 5.74) is 1.11. The summed E-state index contributed by atoms with van der Waals surface area (Å²) in [7, 11) is 1.66. The Hall–Kier alpha value is -1.33. The van der Waals surface area contributed by atoms with Gasteiger partial charge in [-0.25, -0.2) is 0 Å². The minimum Gasteiger partial charge on any atom is -0.456 e. The molecule has 1 amide bonds. The fourth-order valence-corrected chi connectivity index (χ4v) is 2.46. The van der Waals surface area contributed by atoms with Crippen molar-refractivity contribution in [2.75, 3.05) is 20.2 Å². The van der Waals surface area contributed by atoms with E-state index in [1.54, 1.807) is 7.11 Å². The molecule has 0 aliphatic carbocycles. The second-order valence-electron chi connectivity index (χ2n) is 4.78. The van der Waals surface area contributed by atoms with Crippen LogP contribution < -0.4 is 10.6 Å². The highest BCUT2D eigenvalue weighted by Gasteiger charge is 2.29. The number of nitrogens with one attached hydrogen (secondary N) is 2. The topological polar surface area (TPSA) is 63.5 Å². The fraction of sp³-hybridized carbons (Fsp3) is 0.643. The fourth-order valence-electron chi connectivity index (χ4n) is 2.46. The molecule has 2 N–H and O–H groups in total. The maximum absolute atomic E-state index is 12.2. The molecule has 2 rings (SSSR count). The molecule has 0 saturated carbocycles. The van der Waals surface area contributed by atoms with Gasteiger partial charge in [-0.2, -0.15) is 0 Å². The van der Waals surface area contributed by atoms with Gasteiger partial charge in [0.2, 0.25) is 0 Å². The zero-order valence-corrected chi connectivity index (χ0v) is 11.8. The van der Waals surface area contributed by atoms with E-state index in [1.165, 1.54) is 0 Å². The molecule has 2 heterocycles. The van der Waals surface area contributed by atoms with E-state index in [2.05, 4.69) is 17.6 Å². The van der Waals surface area contributed by atoms with Crippen LogP contribution in [0, 0.1) is 0 Å². The first kappa shape index (κ1) is 14.1. The highest BCUT2D eigenvalue weighted by atomic mass is 16.5. The van der Waals surface area contributed by atoms with Crippen LogP contribution in [0.2, 0.25) is 0 Å². The monoisotopic (exact) mass is 266 g/mol. The first-order chi connectivity index (χ1) is 9.19. The van der Waals surface area contributed by atoms with Crippen molar-refractivity contribution >= 4 is 5.91 Å². The predicted molar refractivity (Wildman–Crippen MR) is 72.4 cm³/mol. The quantitative estimate of drug-likeness (QED) is 0.838. The molecule has 5 heteroatoms. The van der Waals surface area contributed by atoms with Crippen molar-refractivity contribution in [3.63, 3.8) is 0 Å². The lowest BCUT2D eigenvalue weighted by Crippen LogP contribution is -2.43. The van der Waals surface area contributed by atoms with E-state index in [-0.39, 0.29) is 18.1 Å². The molecule has 106 valence electrons. The highest BCUT2D eigenvalue weighted by Crippen LogP contribution is 2.17. The standard InChI is InChI=1S/C14H22N2O3/c1-4-9-6-12(19-11(9)5-2)14(17)16-10-7-15-8-13(10)18-3/h6,10,13,15H,4-5,7-8H2,1-3H3,(H,16,17). The van der Waals surface area contributed by atoms with Crippen molar-refractivity contribution in [3.05, 3.63) is 23.2 Å². The number of rotatable bonds is 5. The lowest BCUT2D eigenvalue weighted by atomic mass is 10.1. The zero-order valence-electron chi connectivity index (χ0n) is 11.8. The molecule has 0 bridgehead atoms. The summed E-state index contributed by atoms with van der Waals surface area (Å²) in [6, 6.07) is 1.84. The molecule has 1 aliphatic heterocycles. The zero-order chi connectivity index (χ0) is 13.8. The number of amides is 1. The molecular weight excluding hydrogens is 244 g/mol. The molecule has 2 unspecified atom stereocenters. The molecule has 1 aromatic rings. The second kappa shape index (κ2) is 6.21. The molecule has 1 aliphatic rings. The predicted octanol–water partition coefficient (Wildman–Crippen LogP) is 1.12. The lowest BCUT2D eigenvalue weighted by molar-refractivity contribution is 0.0759. The summed E-state index contributed by atoms with van der Waals surface area (Å²) in [4.78, 5) is 12.2. The van der Waals surface area contributed by atoms with E-state index in [1.807, 2.05) is 13.0 Å². The average Bonchev–Trinajstić information content (AvgIpc) is 3.03. The van der Waals surface area contributed by atoms with Crippen LogP contribution in [0.5, 0.6) is 0 Å². The molecule has 1 saturated heterocycles. The third-order valence-electron chi connectivity index (χ3n) is 3.60. The second-order valence-corrected chi connectivity index (χ2v) is 4.78. The molecule has 2 atom stereocenters. The Morgan fingerprint density at radius 1 is 1.47 bits per heavy atom. The van der Waals surface area contributed by atoms with Crippen LogP contribution in [0.15, 0.2) is 10.5 Å². The summed E-state index contributed by atoms with van der Waals surface area (Å²) in [6.07, 6.45) is 1.71. The van der Waals surface area contributed by atoms with Gasteiger partial charge in [0, 0.05) is 26.6 Å². The van der Waals surface area contributed by atoms with Crippen molar-refractivity contribution < 1.29 is 13.9 Å². The average molecular weight is 266 g/mol. The Morgan fingerprint density at radius 3 is 2.84 bits per heavy atom. The molecule has 5 nitrogen and oxygen atoms in total. The van der Waals surface area contributed by atoms with Crippen molar-refractivity contribution in [2.24, 2.45) is 0 Å². The largest absolute Gasteiger partial charge is 0.456 e. The van der Waals surface area contributed by atoms with Crippen LogP contribution >= 0.6 is 0 Å². The Bertz CT molecular complexity index is 420. The van der Waals surface area contributed by atoms with Gasteiger partial charge in [-0.05, 0) is 18.1 Å². The molecule has 19 heavy (non-hydrogen) atoms. The number of ether oxygens (including phenoxy) is 1. The number of hydrogen-bond acceptors (Lipinski definition) is 4. The van der Waals surface area contributed by atoms with Gasteiger partial charge in [0.05, 0.1) is 12.1 Å². The van der Waals surface area contributed by atoms with Gasteiger partial charge in [0.1, 0.15) is 5.76 Å². The summed E-state index contributed by atoms with van der Waals surface area (Å²) in [5.74, 6) is 1.14. The third kappa shape index (κ3) is 2.98. The van der Waals surface area contributed by atoms with E-state index in [0.717, 1.165) is 37.3 Å². The summed E-state index contributed by atoms with van der Waals surface area (Å²) in [5, 5.41) is 6.16. The van der Waals surface area contributed by atoms with E-state index in [9.17, 15) is 4.79 Å². The Balaban J connectivity index is 2.05. The molecule has 0 radical (unpaired) electrons. The van der Waals surface area contributed by atoms with Gasteiger partial charge < -0.3 is 19.8 Å². The SMILES string of the molecule is CCc1cc(C(=O)NC2CNCC2OC)oc1CC. The lowest BCUT2D eigenvalue weighted by Gasteiger charge is -2.17. The summed E-state index contributed by atoms with van der Waals surface area (Å²) in [6.45, 7) is 5.58. The van der Waals surface area contributed by atoms with Crippen LogP contribution in [0.1, 0.15) is 35.7 Å². The maximum atomic E-state index is 12.2. The molecule has 1 fully saturated rings. The minimum atomic E-state index is -0.162. The maximum Gasteiger partial charge on any atom is 0.287 e. The number of aryl methyl sites for hydroxylation is 2. The van der Waals surface area contributed by atoms with E-state index in [0.29, 0.717) is 5.76 Å². The third-order valence-corrected chi connectivity index (χ3v) is 3.60. The number of carbonyl (C=O) groups is 1. The van der Waals surface area contributed by atoms with E-state index >= 15 is 0 Å². The van der Waals surface area contributed by atoms with Gasteiger partial charge in [-0.15, -0.1) is 0 Å². The highest BCUT2D eigenvalue weighted by molar-refractivity contribution is 5.92. The Morgan fingerprint density at radius 2 is 2.26 bits per heavy atom. The smallest absolute Gasteiger partial charge is 0.287 e. The van der Waals surface area contributed by atoms with Crippen LogP contribution in [-0.4, -0.2) is 38.3 Å². The Labute approximate surface area is 113 Å². The van der Waals surface area contributed by atoms with Crippen LogP contribution in [0.4, 0.5) is 0 Å². The van der Waals surface area contributed by atoms with E-state index in [4.69, 9.17) is 9.15 Å². The minimum absolute atomic E-state index is 0.00208. The number of furan rings is 1. The van der Waals surface area contributed by atoms with Gasteiger partial charge in [-0.3, -0.25) is 4.79 Å². The van der Waals surface area contributed by atoms with Gasteiger partial charge >= 0.3 is 0 Å². The first-order valence-electron chi connectivity index (χ1n) is 6.85. The van der Waals surface area contributed by atoms with Crippen molar-refractivity contribution in [1.29, 1.82) is 0 Å². The molecule has 0 spiro atoms. The van der Waals surface area contributed by atoms with Gasteiger partial charge in [0.25, 0.3) is 5.91 Å². The van der Waals surface area contributed by atoms with Crippen LogP contribution in [0.3, 0.4) is 0 Å². The molecule has 1 aromatic heterocycles. The van der Waals surface area contributed by atoms with Crippen LogP contribution in [-0.2, 0) is 17.6 Å². The molecular formula is C14H22N2O3. The molecule has 0 aromatic carbocycles. The van der Waals surface area contributed by atoms with Crippen molar-refractivity contribution in [2.45, 2.75) is 38.8 Å². The Kier molecular flexibility index (Phi) is 4.61. The van der Waals surface area contributed by atoms with Crippen molar-refractivity contribution in [1.82, 2.24) is 10.6 Å². The number of carbonyl (C=O) groups excluding carboxylic acids is 1. The summed E-state index contributed by atoms with van der Waals surface area (Å²) < 4.78 is 10.9. The van der Waals surface area contributed by atoms with Crippen molar-refractivity contribution in [3.8, 4) is 0 Å². The van der Waals surface area contributed by atoms with E-state index < -0.39 is 0 Å². The van der Waals surface area contributed by atoms with Gasteiger partial charge in [-0.1, -0.05) is 13.8 Å². The number of hydrogen-bond donors (Lipinski definition) is 2. The van der Waals surface area contributed by atoms with Gasteiger partial charge in [0.15, 0.2) is 5.76 Å². The summed E-state index contributed by atoms with van der Waals surface area (Å²) >= 11 is 0. The first-order valence-corrected chi connectivity index (χ1v) is 6.85. The number of methoxy groups -OCH3 is 1. The normalized spacial score (nSPS) is 22.7.